The quantitative estimate of drug-likeness (QED) is 0.343. The minimum absolute atomic E-state index is 0.0496. The van der Waals surface area contributed by atoms with E-state index in [2.05, 4.69) is 21.2 Å². The number of carbonyl (C=O) groups is 4. The highest BCUT2D eigenvalue weighted by molar-refractivity contribution is 9.11. The number of ether oxygens (including phenoxy) is 2. The molecule has 0 radical (unpaired) electrons. The molecule has 4 aliphatic heterocycles. The second-order valence-electron chi connectivity index (χ2n) is 13.6. The summed E-state index contributed by atoms with van der Waals surface area (Å²) in [6.45, 7) is -0.0686. The highest BCUT2D eigenvalue weighted by Crippen LogP contribution is 2.60. The molecule has 2 N–H and O–H groups in total. The van der Waals surface area contributed by atoms with Crippen molar-refractivity contribution < 1.29 is 33.8 Å². The van der Waals surface area contributed by atoms with Gasteiger partial charge >= 0.3 is 5.97 Å². The molecule has 3 amide bonds. The van der Waals surface area contributed by atoms with Crippen LogP contribution in [0, 0.1) is 11.8 Å². The molecule has 2 saturated heterocycles. The van der Waals surface area contributed by atoms with E-state index in [1.54, 1.807) is 6.08 Å². The number of cyclic esters (lactones) is 1. The minimum atomic E-state index is -1.47. The van der Waals surface area contributed by atoms with E-state index in [1.165, 1.54) is 4.90 Å². The van der Waals surface area contributed by atoms with Gasteiger partial charge in [0.25, 0.3) is 0 Å². The van der Waals surface area contributed by atoms with Crippen LogP contribution in [0.1, 0.15) is 68.2 Å². The lowest BCUT2D eigenvalue weighted by molar-refractivity contribution is -0.160. The van der Waals surface area contributed by atoms with Gasteiger partial charge in [0, 0.05) is 23.5 Å². The predicted octanol–water partition coefficient (Wildman–Crippen LogP) is 4.51. The summed E-state index contributed by atoms with van der Waals surface area (Å²) in [5, 5.41) is 13.8. The molecule has 7 rings (SSSR count). The molecule has 10 nitrogen and oxygen atoms in total. The molecule has 2 aromatic carbocycles. The van der Waals surface area contributed by atoms with Crippen LogP contribution in [0.25, 0.3) is 0 Å². The number of hydrogen-bond acceptors (Lipinski definition) is 7. The van der Waals surface area contributed by atoms with Crippen molar-refractivity contribution >= 4 is 39.6 Å². The van der Waals surface area contributed by atoms with E-state index in [0.717, 1.165) is 32.1 Å². The number of halogens is 1. The number of nitrogens with zero attached hydrogens (tertiary/aromatic N) is 2. The van der Waals surface area contributed by atoms with Crippen LogP contribution in [-0.2, 0) is 28.7 Å². The molecule has 258 valence electrons. The third-order valence-electron chi connectivity index (χ3n) is 10.8. The summed E-state index contributed by atoms with van der Waals surface area (Å²) in [6.07, 6.45) is 9.43. The number of aliphatic hydroxyl groups is 1. The van der Waals surface area contributed by atoms with Crippen molar-refractivity contribution in [2.45, 2.75) is 80.9 Å². The van der Waals surface area contributed by atoms with Crippen molar-refractivity contribution in [3.8, 4) is 0 Å². The number of amides is 3. The number of allylic oxidation sites excluding steroid dienone is 1. The summed E-state index contributed by atoms with van der Waals surface area (Å²) in [5.74, 6) is -3.68. The number of nitrogens with one attached hydrogen (secondary N) is 1. The number of likely N-dealkylation sites (tertiary alicyclic amines) is 1. The highest BCUT2D eigenvalue weighted by atomic mass is 79.9. The van der Waals surface area contributed by atoms with Gasteiger partial charge in [-0.25, -0.2) is 0 Å². The van der Waals surface area contributed by atoms with Crippen molar-refractivity contribution in [1.82, 2.24) is 15.1 Å². The first-order valence-corrected chi connectivity index (χ1v) is 18.1. The Morgan fingerprint density at radius 2 is 1.65 bits per heavy atom. The average Bonchev–Trinajstić information content (AvgIpc) is 3.72. The molecule has 5 bridgehead atoms. The summed E-state index contributed by atoms with van der Waals surface area (Å²) in [5.41, 5.74) is -0.0948. The van der Waals surface area contributed by atoms with Gasteiger partial charge in [-0.2, -0.15) is 0 Å². The molecule has 3 fully saturated rings. The molecular formula is C38H42BrN3O7. The Balaban J connectivity index is 1.35. The fraction of sp³-hybridized carbons (Fsp3) is 0.474. The van der Waals surface area contributed by atoms with E-state index in [1.807, 2.05) is 77.7 Å². The zero-order chi connectivity index (χ0) is 34.1. The van der Waals surface area contributed by atoms with E-state index >= 15 is 4.79 Å². The average molecular weight is 733 g/mol. The first-order chi connectivity index (χ1) is 23.8. The molecule has 2 aromatic rings. The van der Waals surface area contributed by atoms with Crippen LogP contribution in [-0.4, -0.2) is 82.1 Å². The number of benzene rings is 2. The molecule has 5 aliphatic rings. The summed E-state index contributed by atoms with van der Waals surface area (Å²) in [6, 6.07) is 16.3. The van der Waals surface area contributed by atoms with E-state index < -0.39 is 60.2 Å². The van der Waals surface area contributed by atoms with Crippen LogP contribution in [0.4, 0.5) is 0 Å². The largest absolute Gasteiger partial charge is 0.455 e. The number of hydrogen-bond donors (Lipinski definition) is 2. The van der Waals surface area contributed by atoms with Gasteiger partial charge in [-0.1, -0.05) is 108 Å². The van der Waals surface area contributed by atoms with Crippen LogP contribution in [0.5, 0.6) is 0 Å². The van der Waals surface area contributed by atoms with Gasteiger partial charge in [-0.3, -0.25) is 19.2 Å². The first kappa shape index (κ1) is 33.7. The standard InChI is InChI=1S/C38H42BrN3O7/c39-27-21-38-32-31(33(27)49-38)37(47)48-29(25-15-7-2-8-16-25)22-40-30(44)19-11-4-12-20-41(26-17-9-3-10-18-26)36(46)34(38)42(35(32)45)28(23-43)24-13-5-1-6-14-24/h1-2,4-8,12-16,21,26,28-29,31-34,43H,3,9-11,17-20,22-23H2,(H,40,44)/b12-4-/t28-,29-,31-,32+,33-,34-,38+/m1/s1. The predicted molar refractivity (Wildman–Crippen MR) is 184 cm³/mol. The summed E-state index contributed by atoms with van der Waals surface area (Å²) in [7, 11) is 0. The first-order valence-electron chi connectivity index (χ1n) is 17.4. The maximum atomic E-state index is 15.2. The second-order valence-corrected chi connectivity index (χ2v) is 14.5. The zero-order valence-corrected chi connectivity index (χ0v) is 28.9. The van der Waals surface area contributed by atoms with E-state index in [-0.39, 0.29) is 30.8 Å². The van der Waals surface area contributed by atoms with Crippen molar-refractivity contribution in [3.05, 3.63) is 94.5 Å². The summed E-state index contributed by atoms with van der Waals surface area (Å²) < 4.78 is 13.5. The molecular weight excluding hydrogens is 690 g/mol. The minimum Gasteiger partial charge on any atom is -0.455 e. The van der Waals surface area contributed by atoms with Gasteiger partial charge < -0.3 is 29.7 Å². The number of carbonyl (C=O) groups excluding carboxylic acids is 4. The second kappa shape index (κ2) is 14.2. The Morgan fingerprint density at radius 3 is 2.37 bits per heavy atom. The maximum Gasteiger partial charge on any atom is 0.313 e. The van der Waals surface area contributed by atoms with Gasteiger partial charge in [0.1, 0.15) is 29.8 Å². The number of rotatable bonds is 5. The van der Waals surface area contributed by atoms with Crippen molar-refractivity contribution in [3.63, 3.8) is 0 Å². The van der Waals surface area contributed by atoms with Crippen molar-refractivity contribution in [2.24, 2.45) is 11.8 Å². The Morgan fingerprint density at radius 1 is 0.939 bits per heavy atom. The molecule has 0 unspecified atom stereocenters. The topological polar surface area (TPSA) is 125 Å². The molecule has 7 atom stereocenters. The normalized spacial score (nSPS) is 32.4. The smallest absolute Gasteiger partial charge is 0.313 e. The molecule has 11 heteroatoms. The summed E-state index contributed by atoms with van der Waals surface area (Å²) in [4.78, 5) is 60.7. The van der Waals surface area contributed by atoms with Crippen LogP contribution in [0.3, 0.4) is 0 Å². The molecule has 1 aliphatic carbocycles. The van der Waals surface area contributed by atoms with Crippen LogP contribution < -0.4 is 5.32 Å². The Bertz CT molecular complexity index is 1630. The Hall–Kier alpha value is -3.80. The zero-order valence-electron chi connectivity index (χ0n) is 27.3. The Labute approximate surface area is 294 Å². The fourth-order valence-electron chi connectivity index (χ4n) is 8.47. The molecule has 1 spiro atoms. The van der Waals surface area contributed by atoms with E-state index in [9.17, 15) is 19.5 Å². The molecule has 49 heavy (non-hydrogen) atoms. The van der Waals surface area contributed by atoms with Gasteiger partial charge in [-0.15, -0.1) is 0 Å². The van der Waals surface area contributed by atoms with Crippen LogP contribution in [0.15, 0.2) is 83.4 Å². The van der Waals surface area contributed by atoms with Gasteiger partial charge in [-0.05, 0) is 36.5 Å². The Kier molecular flexibility index (Phi) is 9.77. The highest BCUT2D eigenvalue weighted by Gasteiger charge is 2.75. The summed E-state index contributed by atoms with van der Waals surface area (Å²) >= 11 is 3.63. The van der Waals surface area contributed by atoms with Crippen molar-refractivity contribution in [1.29, 1.82) is 0 Å². The lowest BCUT2D eigenvalue weighted by Crippen LogP contribution is -2.58. The van der Waals surface area contributed by atoms with E-state index in [0.29, 0.717) is 28.6 Å². The van der Waals surface area contributed by atoms with Crippen LogP contribution in [0.2, 0.25) is 0 Å². The van der Waals surface area contributed by atoms with Crippen LogP contribution >= 0.6 is 15.9 Å². The number of esters is 1. The third-order valence-corrected chi connectivity index (χ3v) is 11.5. The third kappa shape index (κ3) is 6.14. The van der Waals surface area contributed by atoms with Crippen molar-refractivity contribution in [2.75, 3.05) is 19.7 Å². The van der Waals surface area contributed by atoms with Gasteiger partial charge in [0.2, 0.25) is 17.7 Å². The maximum absolute atomic E-state index is 15.2. The van der Waals surface area contributed by atoms with E-state index in [4.69, 9.17) is 9.47 Å². The lowest BCUT2D eigenvalue weighted by Gasteiger charge is -2.42. The fourth-order valence-corrected chi connectivity index (χ4v) is 9.20. The molecule has 0 aromatic heterocycles. The SMILES string of the molecule is O=C1CC/C=C\CN(C2CCCCC2)C(=O)[C@H]2N([C@H](CO)c3ccccc3)C(=O)[C@@H]3[C@@H](C(=O)O[C@@H](c4ccccc4)CN1)[C@@H]1O[C@@]32C=C1Br. The van der Waals surface area contributed by atoms with Gasteiger partial charge in [0.15, 0.2) is 0 Å². The monoisotopic (exact) mass is 731 g/mol. The number of aliphatic hydroxyl groups excluding tert-OH is 1. The number of fused-ring (bicyclic) bond motifs is 2. The molecule has 4 heterocycles. The van der Waals surface area contributed by atoms with Gasteiger partial charge in [0.05, 0.1) is 25.1 Å². The lowest BCUT2D eigenvalue weighted by atomic mass is 9.74. The molecule has 1 saturated carbocycles.